The van der Waals surface area contributed by atoms with Gasteiger partial charge in [-0.25, -0.2) is 0 Å². The summed E-state index contributed by atoms with van der Waals surface area (Å²) in [7, 11) is 0. The molecule has 0 radical (unpaired) electrons. The van der Waals surface area contributed by atoms with Gasteiger partial charge < -0.3 is 10.6 Å². The highest BCUT2D eigenvalue weighted by Crippen LogP contribution is 2.33. The van der Waals surface area contributed by atoms with E-state index in [4.69, 9.17) is 5.73 Å². The molecule has 0 saturated carbocycles. The molecule has 92 valence electrons. The Balaban J connectivity index is 1.61. The lowest BCUT2D eigenvalue weighted by atomic mass is 9.93. The predicted molar refractivity (Wildman–Crippen MR) is 66.3 cm³/mol. The summed E-state index contributed by atoms with van der Waals surface area (Å²) < 4.78 is 0. The molecule has 0 aromatic rings. The Labute approximate surface area is 99.0 Å². The van der Waals surface area contributed by atoms with Crippen molar-refractivity contribution in [3.63, 3.8) is 0 Å². The Bertz CT molecular complexity index is 254. The third-order valence-corrected chi connectivity index (χ3v) is 5.06. The van der Waals surface area contributed by atoms with E-state index in [2.05, 4.69) is 16.7 Å². The van der Waals surface area contributed by atoms with Gasteiger partial charge in [-0.1, -0.05) is 0 Å². The first kappa shape index (κ1) is 11.0. The topological polar surface area (TPSA) is 32.5 Å². The quantitative estimate of drug-likeness (QED) is 0.750. The standard InChI is InChI=1S/C13H25N3/c1-10(14)11-3-7-16(9-11)13-4-6-15-5-2-12(13)8-15/h10-13H,2-9,14H2,1H3. The highest BCUT2D eigenvalue weighted by Gasteiger charge is 2.39. The second-order valence-corrected chi connectivity index (χ2v) is 6.11. The Kier molecular flexibility index (Phi) is 2.94. The van der Waals surface area contributed by atoms with Gasteiger partial charge in [-0.3, -0.25) is 4.90 Å². The molecule has 3 saturated heterocycles. The molecule has 5 unspecified atom stereocenters. The summed E-state index contributed by atoms with van der Waals surface area (Å²) in [6.07, 6.45) is 4.16. The molecular formula is C13H25N3. The lowest BCUT2D eigenvalue weighted by Crippen LogP contribution is -2.46. The molecule has 0 aromatic carbocycles. The van der Waals surface area contributed by atoms with Gasteiger partial charge in [0.05, 0.1) is 0 Å². The van der Waals surface area contributed by atoms with E-state index in [0.717, 1.165) is 17.9 Å². The second-order valence-electron chi connectivity index (χ2n) is 6.11. The molecule has 16 heavy (non-hydrogen) atoms. The fraction of sp³-hybridized carbons (Fsp3) is 1.00. The molecule has 0 spiro atoms. The van der Waals surface area contributed by atoms with Crippen LogP contribution >= 0.6 is 0 Å². The molecular weight excluding hydrogens is 198 g/mol. The smallest absolute Gasteiger partial charge is 0.0148 e. The Morgan fingerprint density at radius 2 is 1.88 bits per heavy atom. The Morgan fingerprint density at radius 1 is 1.06 bits per heavy atom. The van der Waals surface area contributed by atoms with E-state index in [0.29, 0.717) is 6.04 Å². The highest BCUT2D eigenvalue weighted by molar-refractivity contribution is 4.95. The first-order chi connectivity index (χ1) is 7.74. The van der Waals surface area contributed by atoms with Crippen LogP contribution in [-0.4, -0.2) is 54.6 Å². The van der Waals surface area contributed by atoms with Crippen LogP contribution in [0, 0.1) is 11.8 Å². The normalized spacial score (nSPS) is 46.1. The molecule has 3 fully saturated rings. The SMILES string of the molecule is CC(N)C1CCN(C2CCN3CCC2C3)C1. The van der Waals surface area contributed by atoms with Crippen LogP contribution in [0.3, 0.4) is 0 Å². The van der Waals surface area contributed by atoms with Gasteiger partial charge in [-0.15, -0.1) is 0 Å². The summed E-state index contributed by atoms with van der Waals surface area (Å²) in [5, 5.41) is 0. The summed E-state index contributed by atoms with van der Waals surface area (Å²) in [6.45, 7) is 8.79. The number of hydrogen-bond donors (Lipinski definition) is 1. The lowest BCUT2D eigenvalue weighted by Gasteiger charge is -2.37. The van der Waals surface area contributed by atoms with E-state index in [1.807, 2.05) is 0 Å². The zero-order valence-electron chi connectivity index (χ0n) is 10.4. The molecule has 3 heterocycles. The summed E-state index contributed by atoms with van der Waals surface area (Å²) in [5.74, 6) is 1.71. The van der Waals surface area contributed by atoms with Gasteiger partial charge in [0.15, 0.2) is 0 Å². The van der Waals surface area contributed by atoms with Crippen LogP contribution < -0.4 is 5.73 Å². The molecule has 0 aromatic heterocycles. The number of piperidine rings is 1. The van der Waals surface area contributed by atoms with Crippen molar-refractivity contribution in [1.82, 2.24) is 9.80 Å². The second kappa shape index (κ2) is 4.28. The van der Waals surface area contributed by atoms with Crippen LogP contribution in [0.5, 0.6) is 0 Å². The van der Waals surface area contributed by atoms with Gasteiger partial charge in [0.2, 0.25) is 0 Å². The van der Waals surface area contributed by atoms with Crippen LogP contribution in [0.1, 0.15) is 26.2 Å². The summed E-state index contributed by atoms with van der Waals surface area (Å²) in [6, 6.07) is 1.26. The van der Waals surface area contributed by atoms with Gasteiger partial charge in [0.1, 0.15) is 0 Å². The van der Waals surface area contributed by atoms with Crippen molar-refractivity contribution < 1.29 is 0 Å². The zero-order chi connectivity index (χ0) is 11.1. The molecule has 3 aliphatic heterocycles. The number of likely N-dealkylation sites (tertiary alicyclic amines) is 1. The molecule has 3 rings (SSSR count). The summed E-state index contributed by atoms with van der Waals surface area (Å²) in [5.41, 5.74) is 6.03. The average molecular weight is 223 g/mol. The van der Waals surface area contributed by atoms with Crippen LogP contribution in [-0.2, 0) is 0 Å². The van der Waals surface area contributed by atoms with Crippen molar-refractivity contribution in [3.8, 4) is 0 Å². The first-order valence-corrected chi connectivity index (χ1v) is 6.96. The highest BCUT2D eigenvalue weighted by atomic mass is 15.2. The summed E-state index contributed by atoms with van der Waals surface area (Å²) in [4.78, 5) is 5.39. The minimum atomic E-state index is 0.383. The maximum Gasteiger partial charge on any atom is 0.0148 e. The average Bonchev–Trinajstić information content (AvgIpc) is 2.87. The molecule has 0 aliphatic carbocycles. The number of nitrogens with zero attached hydrogens (tertiary/aromatic N) is 2. The Morgan fingerprint density at radius 3 is 2.62 bits per heavy atom. The largest absolute Gasteiger partial charge is 0.328 e. The third-order valence-electron chi connectivity index (χ3n) is 5.06. The van der Waals surface area contributed by atoms with Crippen molar-refractivity contribution in [2.45, 2.75) is 38.3 Å². The van der Waals surface area contributed by atoms with Gasteiger partial charge in [0.25, 0.3) is 0 Å². The van der Waals surface area contributed by atoms with Gasteiger partial charge >= 0.3 is 0 Å². The zero-order valence-corrected chi connectivity index (χ0v) is 10.4. The maximum absolute atomic E-state index is 6.03. The van der Waals surface area contributed by atoms with Crippen molar-refractivity contribution in [2.75, 3.05) is 32.7 Å². The van der Waals surface area contributed by atoms with Crippen molar-refractivity contribution in [2.24, 2.45) is 17.6 Å². The van der Waals surface area contributed by atoms with Gasteiger partial charge in [0, 0.05) is 25.2 Å². The number of fused-ring (bicyclic) bond motifs is 2. The van der Waals surface area contributed by atoms with Crippen LogP contribution in [0.25, 0.3) is 0 Å². The van der Waals surface area contributed by atoms with Gasteiger partial charge in [-0.2, -0.15) is 0 Å². The lowest BCUT2D eigenvalue weighted by molar-refractivity contribution is 0.117. The van der Waals surface area contributed by atoms with Crippen LogP contribution in [0.15, 0.2) is 0 Å². The Hall–Kier alpha value is -0.120. The molecule has 3 nitrogen and oxygen atoms in total. The third kappa shape index (κ3) is 1.89. The maximum atomic E-state index is 6.03. The van der Waals surface area contributed by atoms with Gasteiger partial charge in [-0.05, 0) is 57.7 Å². The molecule has 2 N–H and O–H groups in total. The van der Waals surface area contributed by atoms with Crippen molar-refractivity contribution in [3.05, 3.63) is 0 Å². The van der Waals surface area contributed by atoms with Crippen LogP contribution in [0.4, 0.5) is 0 Å². The van der Waals surface area contributed by atoms with E-state index >= 15 is 0 Å². The van der Waals surface area contributed by atoms with Crippen molar-refractivity contribution in [1.29, 1.82) is 0 Å². The van der Waals surface area contributed by atoms with E-state index in [-0.39, 0.29) is 0 Å². The number of rotatable bonds is 2. The minimum absolute atomic E-state index is 0.383. The molecule has 0 amide bonds. The number of nitrogens with two attached hydrogens (primary N) is 1. The monoisotopic (exact) mass is 223 g/mol. The predicted octanol–water partition coefficient (Wildman–Crippen LogP) is 0.750. The molecule has 5 atom stereocenters. The molecule has 3 aliphatic rings. The van der Waals surface area contributed by atoms with Crippen molar-refractivity contribution >= 4 is 0 Å². The van der Waals surface area contributed by atoms with E-state index in [1.54, 1.807) is 0 Å². The number of hydrogen-bond acceptors (Lipinski definition) is 3. The van der Waals surface area contributed by atoms with E-state index in [1.165, 1.54) is 52.0 Å². The minimum Gasteiger partial charge on any atom is -0.328 e. The van der Waals surface area contributed by atoms with E-state index < -0.39 is 0 Å². The first-order valence-electron chi connectivity index (χ1n) is 6.96. The fourth-order valence-corrected chi connectivity index (χ4v) is 3.96. The molecule has 3 heteroatoms. The fourth-order valence-electron chi connectivity index (χ4n) is 3.96. The van der Waals surface area contributed by atoms with Crippen LogP contribution in [0.2, 0.25) is 0 Å². The van der Waals surface area contributed by atoms with E-state index in [9.17, 15) is 0 Å². The molecule has 2 bridgehead atoms. The summed E-state index contributed by atoms with van der Waals surface area (Å²) >= 11 is 0.